The number of carbonyl (C=O) groups is 5. The van der Waals surface area contributed by atoms with Crippen LogP contribution in [-0.4, -0.2) is 132 Å². The molecule has 0 spiro atoms. The summed E-state index contributed by atoms with van der Waals surface area (Å²) in [6.45, 7) is 12.7. The van der Waals surface area contributed by atoms with Gasteiger partial charge in [0.25, 0.3) is 11.7 Å². The number of piperidine rings is 1. The van der Waals surface area contributed by atoms with Crippen molar-refractivity contribution in [1.29, 1.82) is 0 Å². The molecule has 0 aromatic heterocycles. The molecule has 3 fully saturated rings. The van der Waals surface area contributed by atoms with Crippen molar-refractivity contribution in [1.82, 2.24) is 4.90 Å². The van der Waals surface area contributed by atoms with E-state index < -0.39 is 83.9 Å². The average molecular weight is 914 g/mol. The number of hydrogen-bond donors (Lipinski definition) is 3. The predicted octanol–water partition coefficient (Wildman–Crippen LogP) is 6.18. The van der Waals surface area contributed by atoms with E-state index in [4.69, 9.17) is 23.7 Å². The lowest BCUT2D eigenvalue weighted by molar-refractivity contribution is -0.265. The number of hydrogen-bond acceptors (Lipinski definition) is 13. The molecular formula is C51H79NO13. The average Bonchev–Trinajstić information content (AvgIpc) is 3.28. The number of ether oxygens (including phenoxy) is 5. The van der Waals surface area contributed by atoms with Gasteiger partial charge in [-0.25, -0.2) is 4.79 Å². The molecule has 3 heterocycles. The van der Waals surface area contributed by atoms with Crippen LogP contribution < -0.4 is 0 Å². The zero-order valence-corrected chi connectivity index (χ0v) is 40.6. The largest absolute Gasteiger partial charge is 0.460 e. The number of allylic oxidation sites excluding steroid dienone is 6. The van der Waals surface area contributed by atoms with Crippen LogP contribution in [0.5, 0.6) is 0 Å². The van der Waals surface area contributed by atoms with Crippen LogP contribution in [0.25, 0.3) is 0 Å². The molecule has 366 valence electrons. The summed E-state index contributed by atoms with van der Waals surface area (Å²) in [5, 5.41) is 33.8. The maximum atomic E-state index is 14.4. The third-order valence-electron chi connectivity index (χ3n) is 14.5. The van der Waals surface area contributed by atoms with Gasteiger partial charge in [-0.1, -0.05) is 71.1 Å². The van der Waals surface area contributed by atoms with Crippen LogP contribution in [0.2, 0.25) is 0 Å². The highest BCUT2D eigenvalue weighted by Gasteiger charge is 2.53. The predicted molar refractivity (Wildman–Crippen MR) is 245 cm³/mol. The third-order valence-corrected chi connectivity index (χ3v) is 14.5. The van der Waals surface area contributed by atoms with E-state index in [-0.39, 0.29) is 54.8 Å². The van der Waals surface area contributed by atoms with Gasteiger partial charge in [-0.15, -0.1) is 0 Å². The van der Waals surface area contributed by atoms with Crippen LogP contribution in [-0.2, 0) is 47.7 Å². The molecule has 4 rings (SSSR count). The number of methoxy groups -OCH3 is 3. The number of nitrogens with zero attached hydrogens (tertiary/aromatic N) is 1. The van der Waals surface area contributed by atoms with Crippen LogP contribution >= 0.6 is 0 Å². The smallest absolute Gasteiger partial charge is 0.329 e. The quantitative estimate of drug-likeness (QED) is 0.156. The van der Waals surface area contributed by atoms with E-state index >= 15 is 0 Å². The number of aliphatic hydroxyl groups is 3. The normalized spacial score (nSPS) is 39.1. The third kappa shape index (κ3) is 14.3. The Morgan fingerprint density at radius 2 is 1.57 bits per heavy atom. The number of fused-ring (bicyclic) bond motifs is 3. The number of Topliss-reactive ketones (excluding diaryl/α,β-unsaturated/α-hetero) is 3. The molecule has 1 amide bonds. The van der Waals surface area contributed by atoms with Gasteiger partial charge >= 0.3 is 5.97 Å². The highest BCUT2D eigenvalue weighted by molar-refractivity contribution is 6.39. The summed E-state index contributed by atoms with van der Waals surface area (Å²) in [7, 11) is 4.52. The fraction of sp³-hybridized carbons (Fsp3) is 0.745. The Morgan fingerprint density at radius 1 is 0.846 bits per heavy atom. The summed E-state index contributed by atoms with van der Waals surface area (Å²) in [6.07, 6.45) is 11.2. The molecule has 1 saturated carbocycles. The number of aliphatic hydroxyl groups excluding tert-OH is 2. The van der Waals surface area contributed by atoms with Gasteiger partial charge in [0.05, 0.1) is 24.4 Å². The van der Waals surface area contributed by atoms with Crippen molar-refractivity contribution in [3.8, 4) is 0 Å². The van der Waals surface area contributed by atoms with E-state index in [2.05, 4.69) is 0 Å². The fourth-order valence-electron chi connectivity index (χ4n) is 10.1. The van der Waals surface area contributed by atoms with Gasteiger partial charge in [-0.3, -0.25) is 19.2 Å². The van der Waals surface area contributed by atoms with Crippen molar-refractivity contribution >= 4 is 29.2 Å². The number of cyclic esters (lactones) is 1. The fourth-order valence-corrected chi connectivity index (χ4v) is 10.1. The Kier molecular flexibility index (Phi) is 21.0. The van der Waals surface area contributed by atoms with Gasteiger partial charge in [-0.2, -0.15) is 0 Å². The van der Waals surface area contributed by atoms with E-state index in [1.54, 1.807) is 41.1 Å². The summed E-state index contributed by atoms with van der Waals surface area (Å²) >= 11 is 0. The zero-order chi connectivity index (χ0) is 48.2. The summed E-state index contributed by atoms with van der Waals surface area (Å²) in [5.41, 5.74) is 1.27. The Labute approximate surface area is 387 Å². The van der Waals surface area contributed by atoms with Crippen molar-refractivity contribution in [3.05, 3.63) is 47.6 Å². The van der Waals surface area contributed by atoms with Crippen LogP contribution in [0.4, 0.5) is 0 Å². The molecule has 15 atom stereocenters. The SMILES string of the molecule is CO[C@H]1C[C@@H]2CC[C@@H](C)[C@@](O)(O2)C(=O)C(=O)N2CCCC[C@H]2C(=O)O[C@H](C(C)C[C@H]2CC[C@@H](O)[C@H](OC)C2)CC(=O)[C@H](C)/C=C(\C)[C@@H](O)[C@@H](OC)C(=O)[C@H](C)C[C@H](C)/C=C\C=CC=C1C. The number of carbonyl (C=O) groups excluding carboxylic acids is 5. The molecule has 2 bridgehead atoms. The first-order valence-electron chi connectivity index (χ1n) is 23.9. The number of esters is 1. The van der Waals surface area contributed by atoms with Crippen molar-refractivity contribution in [2.75, 3.05) is 27.9 Å². The maximum absolute atomic E-state index is 14.4. The van der Waals surface area contributed by atoms with Gasteiger partial charge in [-0.05, 0) is 107 Å². The second-order valence-corrected chi connectivity index (χ2v) is 19.6. The highest BCUT2D eigenvalue weighted by atomic mass is 16.6. The topological polar surface area (TPSA) is 195 Å². The van der Waals surface area contributed by atoms with E-state index in [0.29, 0.717) is 63.4 Å². The molecule has 65 heavy (non-hydrogen) atoms. The van der Waals surface area contributed by atoms with E-state index in [1.807, 2.05) is 58.1 Å². The monoisotopic (exact) mass is 914 g/mol. The molecule has 3 aliphatic heterocycles. The second kappa shape index (κ2) is 25.1. The Balaban J connectivity index is 1.70. The van der Waals surface area contributed by atoms with Gasteiger partial charge in [0, 0.05) is 58.5 Å². The summed E-state index contributed by atoms with van der Waals surface area (Å²) in [4.78, 5) is 71.8. The van der Waals surface area contributed by atoms with Crippen LogP contribution in [0.15, 0.2) is 47.6 Å². The molecule has 0 aromatic rings. The van der Waals surface area contributed by atoms with Crippen molar-refractivity contribution < 1.29 is 63.0 Å². The molecule has 4 aliphatic rings. The second-order valence-electron chi connectivity index (χ2n) is 19.6. The molecule has 1 aliphatic carbocycles. The molecule has 3 N–H and O–H groups in total. The van der Waals surface area contributed by atoms with E-state index in [1.165, 1.54) is 12.0 Å². The van der Waals surface area contributed by atoms with Gasteiger partial charge in [0.1, 0.15) is 30.1 Å². The van der Waals surface area contributed by atoms with E-state index in [9.17, 15) is 39.3 Å². The lowest BCUT2D eigenvalue weighted by Gasteiger charge is -2.42. The van der Waals surface area contributed by atoms with Crippen molar-refractivity contribution in [2.24, 2.45) is 35.5 Å². The number of amides is 1. The van der Waals surface area contributed by atoms with Gasteiger partial charge in [0.15, 0.2) is 5.78 Å². The molecule has 14 nitrogen and oxygen atoms in total. The Hall–Kier alpha value is -3.37. The first kappa shape index (κ1) is 54.2. The van der Waals surface area contributed by atoms with Crippen molar-refractivity contribution in [2.45, 2.75) is 180 Å². The number of ketones is 3. The van der Waals surface area contributed by atoms with Gasteiger partial charge < -0.3 is 43.9 Å². The standard InChI is InChI=1S/C51H79NO13/c1-30-16-12-11-13-17-31(2)42(61-8)28-38-21-19-36(7)51(60,65-38)48(57)49(58)52-23-15-14-18-39(52)50(59)64-43(33(4)26-37-20-22-40(53)44(27-37)62-9)29-41(54)32(3)25-35(6)46(56)47(63-10)45(55)34(5)24-30/h11-13,16-17,25,30,32-34,36-40,42-44,46-47,53,56,60H,14-15,18-24,26-29H2,1-10H3/b13-11?,16-12-,31-17?,35-25+/t30-,32-,33?,34-,36-,37-,38+,39+,40-,42+,43+,44-,46-,47+,51-/m1/s1. The minimum Gasteiger partial charge on any atom is -0.460 e. The van der Waals surface area contributed by atoms with Crippen LogP contribution in [0, 0.1) is 35.5 Å². The summed E-state index contributed by atoms with van der Waals surface area (Å²) < 4.78 is 29.4. The van der Waals surface area contributed by atoms with Crippen LogP contribution in [0.3, 0.4) is 0 Å². The Morgan fingerprint density at radius 3 is 2.25 bits per heavy atom. The van der Waals surface area contributed by atoms with E-state index in [0.717, 1.165) is 12.0 Å². The van der Waals surface area contributed by atoms with Crippen LogP contribution in [0.1, 0.15) is 126 Å². The molecule has 0 radical (unpaired) electrons. The maximum Gasteiger partial charge on any atom is 0.329 e. The summed E-state index contributed by atoms with van der Waals surface area (Å²) in [6, 6.07) is -1.14. The lowest BCUT2D eigenvalue weighted by atomic mass is 9.78. The van der Waals surface area contributed by atoms with Crippen molar-refractivity contribution in [3.63, 3.8) is 0 Å². The first-order chi connectivity index (χ1) is 30.7. The Bertz CT molecular complexity index is 1760. The lowest BCUT2D eigenvalue weighted by Crippen LogP contribution is -2.61. The minimum absolute atomic E-state index is 0.0193. The summed E-state index contributed by atoms with van der Waals surface area (Å²) in [5.74, 6) is -7.96. The first-order valence-corrected chi connectivity index (χ1v) is 23.9. The minimum atomic E-state index is -2.43. The highest BCUT2D eigenvalue weighted by Crippen LogP contribution is 2.38. The number of rotatable bonds is 6. The molecule has 1 unspecified atom stereocenters. The molecule has 2 saturated heterocycles. The zero-order valence-electron chi connectivity index (χ0n) is 40.6. The van der Waals surface area contributed by atoms with Gasteiger partial charge in [0.2, 0.25) is 5.79 Å². The molecular weight excluding hydrogens is 835 g/mol. The molecule has 14 heteroatoms. The molecule has 0 aromatic carbocycles.